The van der Waals surface area contributed by atoms with Gasteiger partial charge in [-0.25, -0.2) is 4.79 Å². The molecule has 1 aromatic carbocycles. The van der Waals surface area contributed by atoms with Crippen LogP contribution in [-0.4, -0.2) is 25.5 Å². The molecule has 0 saturated carbocycles. The summed E-state index contributed by atoms with van der Waals surface area (Å²) >= 11 is 0. The summed E-state index contributed by atoms with van der Waals surface area (Å²) in [5.74, 6) is -0.369. The smallest absolute Gasteiger partial charge is 0.341 e. The van der Waals surface area contributed by atoms with Gasteiger partial charge in [-0.2, -0.15) is 0 Å². The molecule has 0 aliphatic carbocycles. The predicted molar refractivity (Wildman–Crippen MR) is 65.0 cm³/mol. The van der Waals surface area contributed by atoms with Crippen LogP contribution in [0, 0.1) is 0 Å². The van der Waals surface area contributed by atoms with Crippen molar-refractivity contribution in [1.82, 2.24) is 0 Å². The molecule has 2 aliphatic rings. The van der Waals surface area contributed by atoms with Crippen LogP contribution < -0.4 is 4.74 Å². The van der Waals surface area contributed by atoms with Crippen LogP contribution in [0.15, 0.2) is 30.3 Å². The van der Waals surface area contributed by atoms with E-state index in [-0.39, 0.29) is 5.97 Å². The van der Waals surface area contributed by atoms with Crippen LogP contribution in [0.1, 0.15) is 18.4 Å². The number of methoxy groups -OCH3 is 1. The lowest BCUT2D eigenvalue weighted by Crippen LogP contribution is -2.26. The zero-order valence-electron chi connectivity index (χ0n) is 10.1. The third kappa shape index (κ3) is 1.78. The van der Waals surface area contributed by atoms with Gasteiger partial charge < -0.3 is 14.2 Å². The van der Waals surface area contributed by atoms with E-state index in [2.05, 4.69) is 0 Å². The van der Waals surface area contributed by atoms with Gasteiger partial charge in [0.1, 0.15) is 5.75 Å². The summed E-state index contributed by atoms with van der Waals surface area (Å²) in [6, 6.07) is 7.34. The Labute approximate surface area is 105 Å². The van der Waals surface area contributed by atoms with Crippen LogP contribution in [0.4, 0.5) is 0 Å². The molecule has 2 heterocycles. The van der Waals surface area contributed by atoms with E-state index < -0.39 is 5.79 Å². The second-order valence-corrected chi connectivity index (χ2v) is 4.44. The normalized spacial score (nSPS) is 26.3. The molecular formula is C14H14O4. The van der Waals surface area contributed by atoms with Gasteiger partial charge >= 0.3 is 5.97 Å². The van der Waals surface area contributed by atoms with E-state index in [1.54, 1.807) is 13.2 Å². The third-order valence-electron chi connectivity index (χ3n) is 3.27. The molecule has 1 atom stereocenters. The molecule has 1 saturated heterocycles. The summed E-state index contributed by atoms with van der Waals surface area (Å²) in [7, 11) is 1.61. The second-order valence-electron chi connectivity index (χ2n) is 4.44. The minimum Gasteiger partial charge on any atom is -0.497 e. The van der Waals surface area contributed by atoms with Gasteiger partial charge in [0.25, 0.3) is 0 Å². The van der Waals surface area contributed by atoms with E-state index in [1.165, 1.54) is 0 Å². The van der Waals surface area contributed by atoms with Crippen LogP contribution in [-0.2, 0) is 14.3 Å². The molecule has 0 N–H and O–H groups in total. The molecule has 3 rings (SSSR count). The summed E-state index contributed by atoms with van der Waals surface area (Å²) in [5, 5.41) is 0. The number of hydrogen-bond acceptors (Lipinski definition) is 4. The largest absolute Gasteiger partial charge is 0.497 e. The molecule has 0 amide bonds. The van der Waals surface area contributed by atoms with E-state index in [4.69, 9.17) is 14.2 Å². The van der Waals surface area contributed by atoms with Crippen molar-refractivity contribution in [3.63, 3.8) is 0 Å². The van der Waals surface area contributed by atoms with E-state index in [0.29, 0.717) is 12.2 Å². The van der Waals surface area contributed by atoms with Gasteiger partial charge in [0.05, 0.1) is 19.3 Å². The molecular weight excluding hydrogens is 232 g/mol. The molecule has 0 radical (unpaired) electrons. The topological polar surface area (TPSA) is 44.8 Å². The maximum absolute atomic E-state index is 11.9. The quantitative estimate of drug-likeness (QED) is 0.750. The first-order chi connectivity index (χ1) is 8.72. The predicted octanol–water partition coefficient (Wildman–Crippen LogP) is 2.14. The Bertz CT molecular complexity index is 495. The number of esters is 1. The summed E-state index contributed by atoms with van der Waals surface area (Å²) in [6.07, 6.45) is 3.45. The van der Waals surface area contributed by atoms with Crippen LogP contribution in [0.25, 0.3) is 5.57 Å². The summed E-state index contributed by atoms with van der Waals surface area (Å²) in [4.78, 5) is 11.9. The Balaban J connectivity index is 1.92. The lowest BCUT2D eigenvalue weighted by atomic mass is 10.0. The first kappa shape index (κ1) is 11.3. The Kier molecular flexibility index (Phi) is 2.59. The van der Waals surface area contributed by atoms with Crippen LogP contribution in [0.5, 0.6) is 5.75 Å². The van der Waals surface area contributed by atoms with Crippen molar-refractivity contribution in [2.45, 2.75) is 18.6 Å². The summed E-state index contributed by atoms with van der Waals surface area (Å²) in [5.41, 5.74) is 1.40. The van der Waals surface area contributed by atoms with Crippen LogP contribution in [0.3, 0.4) is 0 Å². The molecule has 18 heavy (non-hydrogen) atoms. The fourth-order valence-corrected chi connectivity index (χ4v) is 2.32. The van der Waals surface area contributed by atoms with Crippen molar-refractivity contribution in [1.29, 1.82) is 0 Å². The van der Waals surface area contributed by atoms with E-state index in [1.807, 2.05) is 24.3 Å². The van der Waals surface area contributed by atoms with Gasteiger partial charge in [0, 0.05) is 12.5 Å². The van der Waals surface area contributed by atoms with Crippen molar-refractivity contribution in [3.8, 4) is 5.75 Å². The molecule has 1 fully saturated rings. The van der Waals surface area contributed by atoms with Gasteiger partial charge in [-0.3, -0.25) is 0 Å². The number of ether oxygens (including phenoxy) is 3. The van der Waals surface area contributed by atoms with Gasteiger partial charge in [0.2, 0.25) is 5.79 Å². The SMILES string of the molecule is COc1ccc(C2=CC3(CCCO3)OC2=O)cc1. The number of hydrogen-bond donors (Lipinski definition) is 0. The second kappa shape index (κ2) is 4.14. The van der Waals surface area contributed by atoms with Crippen molar-refractivity contribution < 1.29 is 19.0 Å². The van der Waals surface area contributed by atoms with Crippen molar-refractivity contribution >= 4 is 11.5 Å². The maximum atomic E-state index is 11.9. The van der Waals surface area contributed by atoms with Crippen molar-refractivity contribution in [2.24, 2.45) is 0 Å². The number of rotatable bonds is 2. The molecule has 1 spiro atoms. The highest BCUT2D eigenvalue weighted by atomic mass is 16.7. The first-order valence-corrected chi connectivity index (χ1v) is 5.97. The fraction of sp³-hybridized carbons (Fsp3) is 0.357. The average molecular weight is 246 g/mol. The first-order valence-electron chi connectivity index (χ1n) is 5.97. The highest BCUT2D eigenvalue weighted by molar-refractivity contribution is 6.18. The Morgan fingerprint density at radius 3 is 2.67 bits per heavy atom. The fourth-order valence-electron chi connectivity index (χ4n) is 2.32. The Morgan fingerprint density at radius 2 is 2.06 bits per heavy atom. The van der Waals surface area contributed by atoms with Gasteiger partial charge in [-0.05, 0) is 24.1 Å². The van der Waals surface area contributed by atoms with Crippen molar-refractivity contribution in [3.05, 3.63) is 35.9 Å². The minimum absolute atomic E-state index is 0.318. The van der Waals surface area contributed by atoms with E-state index >= 15 is 0 Å². The molecule has 4 heteroatoms. The zero-order chi connectivity index (χ0) is 12.6. The maximum Gasteiger partial charge on any atom is 0.341 e. The van der Waals surface area contributed by atoms with Gasteiger partial charge in [-0.15, -0.1) is 0 Å². The lowest BCUT2D eigenvalue weighted by Gasteiger charge is -2.18. The minimum atomic E-state index is -0.813. The Hall–Kier alpha value is -1.81. The zero-order valence-corrected chi connectivity index (χ0v) is 10.1. The summed E-state index contributed by atoms with van der Waals surface area (Å²) in [6.45, 7) is 0.639. The molecule has 0 bridgehead atoms. The van der Waals surface area contributed by atoms with Gasteiger partial charge in [0.15, 0.2) is 0 Å². The molecule has 1 aromatic rings. The van der Waals surface area contributed by atoms with E-state index in [9.17, 15) is 4.79 Å². The van der Waals surface area contributed by atoms with Crippen LogP contribution in [0.2, 0.25) is 0 Å². The molecule has 2 aliphatic heterocycles. The van der Waals surface area contributed by atoms with E-state index in [0.717, 1.165) is 24.2 Å². The van der Waals surface area contributed by atoms with Crippen LogP contribution >= 0.6 is 0 Å². The molecule has 1 unspecified atom stereocenters. The number of carbonyl (C=O) groups is 1. The summed E-state index contributed by atoms with van der Waals surface area (Å²) < 4.78 is 16.0. The van der Waals surface area contributed by atoms with Crippen molar-refractivity contribution in [2.75, 3.05) is 13.7 Å². The standard InChI is InChI=1S/C14H14O4/c1-16-11-5-3-10(4-6-11)12-9-14(18-13(12)15)7-2-8-17-14/h3-6,9H,2,7-8H2,1H3. The number of carbonyl (C=O) groups excluding carboxylic acids is 1. The molecule has 0 aromatic heterocycles. The highest BCUT2D eigenvalue weighted by Crippen LogP contribution is 2.38. The monoisotopic (exact) mass is 246 g/mol. The third-order valence-corrected chi connectivity index (χ3v) is 3.27. The average Bonchev–Trinajstić information content (AvgIpc) is 2.97. The number of benzene rings is 1. The molecule has 94 valence electrons. The van der Waals surface area contributed by atoms with Gasteiger partial charge in [-0.1, -0.05) is 12.1 Å². The lowest BCUT2D eigenvalue weighted by molar-refractivity contribution is -0.181. The Morgan fingerprint density at radius 1 is 1.28 bits per heavy atom. The molecule has 4 nitrogen and oxygen atoms in total. The highest BCUT2D eigenvalue weighted by Gasteiger charge is 2.44.